The first kappa shape index (κ1) is 20.3. The molecule has 1 saturated heterocycles. The van der Waals surface area contributed by atoms with Crippen molar-refractivity contribution in [2.45, 2.75) is 39.3 Å². The second-order valence-electron chi connectivity index (χ2n) is 6.41. The number of aryl methyl sites for hydroxylation is 1. The van der Waals surface area contributed by atoms with E-state index in [0.29, 0.717) is 24.9 Å². The predicted octanol–water partition coefficient (Wildman–Crippen LogP) is 2.87. The largest absolute Gasteiger partial charge is 0.494 e. The first-order valence-corrected chi connectivity index (χ1v) is 8.93. The molecule has 7 heteroatoms. The van der Waals surface area contributed by atoms with E-state index in [4.69, 9.17) is 4.74 Å². The smallest absolute Gasteiger partial charge is 0.272 e. The summed E-state index contributed by atoms with van der Waals surface area (Å²) < 4.78 is 7.56. The fourth-order valence-corrected chi connectivity index (χ4v) is 3.09. The second kappa shape index (κ2) is 9.59. The summed E-state index contributed by atoms with van der Waals surface area (Å²) in [6, 6.07) is 8.12. The highest BCUT2D eigenvalue weighted by atomic mass is 35.5. The van der Waals surface area contributed by atoms with Gasteiger partial charge in [0.1, 0.15) is 11.4 Å². The Labute approximate surface area is 160 Å². The van der Waals surface area contributed by atoms with Crippen LogP contribution in [-0.4, -0.2) is 35.4 Å². The number of nitrogens with zero attached hydrogens (tertiary/aromatic N) is 2. The summed E-state index contributed by atoms with van der Waals surface area (Å²) in [5.74, 6) is 0.659. The predicted molar refractivity (Wildman–Crippen MR) is 104 cm³/mol. The van der Waals surface area contributed by atoms with Crippen molar-refractivity contribution < 1.29 is 9.53 Å². The van der Waals surface area contributed by atoms with Crippen molar-refractivity contribution in [3.8, 4) is 5.75 Å². The molecule has 1 fully saturated rings. The van der Waals surface area contributed by atoms with Gasteiger partial charge in [0.2, 0.25) is 0 Å². The maximum atomic E-state index is 12.4. The molecule has 1 atom stereocenters. The van der Waals surface area contributed by atoms with Gasteiger partial charge >= 0.3 is 0 Å². The molecule has 1 aromatic carbocycles. The van der Waals surface area contributed by atoms with E-state index in [0.717, 1.165) is 42.8 Å². The number of carbonyl (C=O) groups excluding carboxylic acids is 1. The molecule has 1 aliphatic rings. The van der Waals surface area contributed by atoms with Crippen LogP contribution in [0, 0.1) is 6.92 Å². The average Bonchev–Trinajstić information content (AvgIpc) is 3.12. The number of benzene rings is 1. The van der Waals surface area contributed by atoms with Gasteiger partial charge in [0, 0.05) is 24.8 Å². The van der Waals surface area contributed by atoms with E-state index in [-0.39, 0.29) is 18.3 Å². The lowest BCUT2D eigenvalue weighted by Gasteiger charge is -2.22. The molecular weight excluding hydrogens is 352 g/mol. The second-order valence-corrected chi connectivity index (χ2v) is 6.41. The molecule has 0 spiro atoms. The summed E-state index contributed by atoms with van der Waals surface area (Å²) in [7, 11) is 0. The Morgan fingerprint density at radius 3 is 3.00 bits per heavy atom. The van der Waals surface area contributed by atoms with Gasteiger partial charge in [0.25, 0.3) is 5.91 Å². The van der Waals surface area contributed by atoms with Crippen LogP contribution in [0.2, 0.25) is 0 Å². The number of amides is 1. The highest BCUT2D eigenvalue weighted by Gasteiger charge is 2.17. The highest BCUT2D eigenvalue weighted by molar-refractivity contribution is 5.92. The zero-order valence-electron chi connectivity index (χ0n) is 15.3. The minimum absolute atomic E-state index is 0. The minimum atomic E-state index is -0.162. The number of ether oxygens (including phenoxy) is 1. The van der Waals surface area contributed by atoms with Crippen molar-refractivity contribution in [2.75, 3.05) is 19.7 Å². The Kier molecular flexibility index (Phi) is 7.48. The number of aromatic nitrogens is 2. The van der Waals surface area contributed by atoms with Gasteiger partial charge in [-0.3, -0.25) is 9.48 Å². The normalized spacial score (nSPS) is 16.6. The molecule has 142 valence electrons. The van der Waals surface area contributed by atoms with Gasteiger partial charge in [0.15, 0.2) is 0 Å². The number of hydrogen-bond donors (Lipinski definition) is 2. The summed E-state index contributed by atoms with van der Waals surface area (Å²) in [5.41, 5.74) is 2.56. The van der Waals surface area contributed by atoms with Crippen LogP contribution in [0.1, 0.15) is 47.4 Å². The molecule has 1 aliphatic heterocycles. The summed E-state index contributed by atoms with van der Waals surface area (Å²) in [4.78, 5) is 12.4. The molecule has 6 nitrogen and oxygen atoms in total. The Hall–Kier alpha value is -2.05. The topological polar surface area (TPSA) is 68.2 Å². The zero-order valence-corrected chi connectivity index (χ0v) is 16.1. The molecule has 2 aromatic rings. The maximum Gasteiger partial charge on any atom is 0.272 e. The number of carbonyl (C=O) groups is 1. The van der Waals surface area contributed by atoms with E-state index in [9.17, 15) is 4.79 Å². The number of hydrogen-bond acceptors (Lipinski definition) is 4. The molecular formula is C19H27ClN4O2. The Bertz CT molecular complexity index is 726. The van der Waals surface area contributed by atoms with Gasteiger partial charge in [-0.2, -0.15) is 5.10 Å². The lowest BCUT2D eigenvalue weighted by Crippen LogP contribution is -2.32. The Balaban J connectivity index is 0.00000243. The van der Waals surface area contributed by atoms with E-state index in [1.165, 1.54) is 0 Å². The van der Waals surface area contributed by atoms with Crippen molar-refractivity contribution in [1.82, 2.24) is 20.4 Å². The van der Waals surface area contributed by atoms with Crippen molar-refractivity contribution in [3.63, 3.8) is 0 Å². The van der Waals surface area contributed by atoms with Gasteiger partial charge < -0.3 is 15.4 Å². The van der Waals surface area contributed by atoms with Gasteiger partial charge in [-0.25, -0.2) is 0 Å². The third kappa shape index (κ3) is 4.99. The summed E-state index contributed by atoms with van der Waals surface area (Å²) in [6.07, 6.45) is 4.13. The SMILES string of the molecule is CCOc1cc(C)ccc1CNC(=O)c1ccn(C2CCCNC2)n1.Cl. The third-order valence-corrected chi connectivity index (χ3v) is 4.45. The van der Waals surface area contributed by atoms with Crippen LogP contribution in [-0.2, 0) is 6.54 Å². The van der Waals surface area contributed by atoms with E-state index < -0.39 is 0 Å². The number of nitrogens with one attached hydrogen (secondary N) is 2. The fourth-order valence-electron chi connectivity index (χ4n) is 3.09. The number of rotatable bonds is 6. The molecule has 1 amide bonds. The van der Waals surface area contributed by atoms with Crippen molar-refractivity contribution >= 4 is 18.3 Å². The molecule has 0 aliphatic carbocycles. The van der Waals surface area contributed by atoms with Crippen LogP contribution in [0.5, 0.6) is 5.75 Å². The van der Waals surface area contributed by atoms with Crippen LogP contribution in [0.4, 0.5) is 0 Å². The fraction of sp³-hybridized carbons (Fsp3) is 0.474. The maximum absolute atomic E-state index is 12.4. The molecule has 0 radical (unpaired) electrons. The minimum Gasteiger partial charge on any atom is -0.494 e. The number of halogens is 1. The quantitative estimate of drug-likeness (QED) is 0.811. The Morgan fingerprint density at radius 2 is 2.27 bits per heavy atom. The number of piperidine rings is 1. The van der Waals surface area contributed by atoms with E-state index in [2.05, 4.69) is 15.7 Å². The molecule has 1 unspecified atom stereocenters. The molecule has 0 saturated carbocycles. The van der Waals surface area contributed by atoms with Gasteiger partial charge in [-0.1, -0.05) is 12.1 Å². The van der Waals surface area contributed by atoms with Crippen LogP contribution >= 0.6 is 12.4 Å². The molecule has 3 rings (SSSR count). The van der Waals surface area contributed by atoms with Crippen LogP contribution in [0.15, 0.2) is 30.5 Å². The van der Waals surface area contributed by atoms with Crippen LogP contribution in [0.3, 0.4) is 0 Å². The average molecular weight is 379 g/mol. The monoisotopic (exact) mass is 378 g/mol. The molecule has 2 heterocycles. The van der Waals surface area contributed by atoms with Gasteiger partial charge in [-0.05, 0) is 50.9 Å². The first-order chi connectivity index (χ1) is 12.2. The lowest BCUT2D eigenvalue weighted by atomic mass is 10.1. The molecule has 26 heavy (non-hydrogen) atoms. The first-order valence-electron chi connectivity index (χ1n) is 8.93. The van der Waals surface area contributed by atoms with Crippen LogP contribution < -0.4 is 15.4 Å². The van der Waals surface area contributed by atoms with Crippen LogP contribution in [0.25, 0.3) is 0 Å². The van der Waals surface area contributed by atoms with Crippen molar-refractivity contribution in [3.05, 3.63) is 47.3 Å². The lowest BCUT2D eigenvalue weighted by molar-refractivity contribution is 0.0944. The molecule has 1 aromatic heterocycles. The Morgan fingerprint density at radius 1 is 1.42 bits per heavy atom. The molecule has 0 bridgehead atoms. The summed E-state index contributed by atoms with van der Waals surface area (Å²) in [5, 5.41) is 10.8. The third-order valence-electron chi connectivity index (χ3n) is 4.45. The van der Waals surface area contributed by atoms with Crippen molar-refractivity contribution in [2.24, 2.45) is 0 Å². The van der Waals surface area contributed by atoms with E-state index in [1.807, 2.05) is 42.9 Å². The molecule has 2 N–H and O–H groups in total. The van der Waals surface area contributed by atoms with Crippen molar-refractivity contribution in [1.29, 1.82) is 0 Å². The van der Waals surface area contributed by atoms with E-state index >= 15 is 0 Å². The van der Waals surface area contributed by atoms with Gasteiger partial charge in [0.05, 0.1) is 12.6 Å². The zero-order chi connectivity index (χ0) is 17.6. The summed E-state index contributed by atoms with van der Waals surface area (Å²) in [6.45, 7) is 6.97. The highest BCUT2D eigenvalue weighted by Crippen LogP contribution is 2.20. The summed E-state index contributed by atoms with van der Waals surface area (Å²) >= 11 is 0. The standard InChI is InChI=1S/C19H26N4O2.ClH/c1-3-25-18-11-14(2)6-7-15(18)12-21-19(24)17-8-10-23(22-17)16-5-4-9-20-13-16;/h6-8,10-11,16,20H,3-5,9,12-13H2,1-2H3,(H,21,24);1H. The van der Waals surface area contributed by atoms with E-state index in [1.54, 1.807) is 6.07 Å². The van der Waals surface area contributed by atoms with Gasteiger partial charge in [-0.15, -0.1) is 12.4 Å².